The van der Waals surface area contributed by atoms with E-state index in [2.05, 4.69) is 10.0 Å². The molecule has 2 aromatic rings. The van der Waals surface area contributed by atoms with E-state index in [1.807, 2.05) is 25.1 Å². The minimum Gasteiger partial charge on any atom is -0.467 e. The summed E-state index contributed by atoms with van der Waals surface area (Å²) in [5.74, 6) is 0.793. The summed E-state index contributed by atoms with van der Waals surface area (Å²) in [6.45, 7) is 1.94. The Morgan fingerprint density at radius 3 is 2.63 bits per heavy atom. The number of rotatable bonds is 5. The van der Waals surface area contributed by atoms with E-state index in [0.717, 1.165) is 11.4 Å². The largest absolute Gasteiger partial charge is 0.467 e. The second-order valence-electron chi connectivity index (χ2n) is 4.12. The van der Waals surface area contributed by atoms with Gasteiger partial charge in [-0.1, -0.05) is 6.07 Å². The summed E-state index contributed by atoms with van der Waals surface area (Å²) in [5.41, 5.74) is 0.722. The van der Waals surface area contributed by atoms with E-state index in [-0.39, 0.29) is 10.9 Å². The summed E-state index contributed by atoms with van der Waals surface area (Å²) in [6.07, 6.45) is 1.61. The summed E-state index contributed by atoms with van der Waals surface area (Å²) in [5, 5.41) is 3.19. The van der Waals surface area contributed by atoms with Crippen LogP contribution in [0.25, 0.3) is 0 Å². The fourth-order valence-electron chi connectivity index (χ4n) is 1.73. The highest BCUT2D eigenvalue weighted by Crippen LogP contribution is 2.21. The Kier molecular flexibility index (Phi) is 3.92. The maximum absolute atomic E-state index is 11.7. The van der Waals surface area contributed by atoms with Crippen LogP contribution in [0.3, 0.4) is 0 Å². The molecule has 2 N–H and O–H groups in total. The Labute approximate surface area is 112 Å². The van der Waals surface area contributed by atoms with Gasteiger partial charge in [0, 0.05) is 5.69 Å². The van der Waals surface area contributed by atoms with E-state index in [9.17, 15) is 8.42 Å². The lowest BCUT2D eigenvalue weighted by molar-refractivity contribution is 0.490. The molecule has 1 unspecified atom stereocenters. The molecule has 0 radical (unpaired) electrons. The van der Waals surface area contributed by atoms with Gasteiger partial charge in [0.15, 0.2) is 0 Å². The van der Waals surface area contributed by atoms with E-state index in [4.69, 9.17) is 4.42 Å². The summed E-state index contributed by atoms with van der Waals surface area (Å²) in [7, 11) is -2.03. The molecular weight excluding hydrogens is 264 g/mol. The first-order valence-corrected chi connectivity index (χ1v) is 7.35. The number of hydrogen-bond donors (Lipinski definition) is 2. The predicted octanol–water partition coefficient (Wildman–Crippen LogP) is 2.36. The molecule has 102 valence electrons. The Morgan fingerprint density at radius 2 is 2.00 bits per heavy atom. The van der Waals surface area contributed by atoms with Crippen LogP contribution in [0.15, 0.2) is 52.0 Å². The van der Waals surface area contributed by atoms with E-state index in [0.29, 0.717) is 0 Å². The molecular formula is C13H16N2O3S. The van der Waals surface area contributed by atoms with Crippen LogP contribution in [-0.4, -0.2) is 15.5 Å². The molecule has 0 saturated heterocycles. The van der Waals surface area contributed by atoms with E-state index >= 15 is 0 Å². The molecule has 2 rings (SSSR count). The lowest BCUT2D eigenvalue weighted by Crippen LogP contribution is -2.18. The molecule has 0 aliphatic heterocycles. The first-order chi connectivity index (χ1) is 9.03. The minimum atomic E-state index is -3.42. The molecule has 1 aromatic heterocycles. The van der Waals surface area contributed by atoms with Crippen molar-refractivity contribution in [1.29, 1.82) is 0 Å². The molecule has 0 aliphatic rings. The van der Waals surface area contributed by atoms with Gasteiger partial charge in [0.25, 0.3) is 0 Å². The molecule has 0 bridgehead atoms. The highest BCUT2D eigenvalue weighted by Gasteiger charge is 2.13. The predicted molar refractivity (Wildman–Crippen MR) is 73.4 cm³/mol. The molecule has 1 aromatic carbocycles. The fourth-order valence-corrected chi connectivity index (χ4v) is 2.51. The first-order valence-electron chi connectivity index (χ1n) is 5.86. The van der Waals surface area contributed by atoms with Gasteiger partial charge in [0.05, 0.1) is 17.2 Å². The van der Waals surface area contributed by atoms with Crippen LogP contribution in [0, 0.1) is 0 Å². The summed E-state index contributed by atoms with van der Waals surface area (Å²) in [4.78, 5) is 0.228. The second-order valence-corrected chi connectivity index (χ2v) is 6.00. The van der Waals surface area contributed by atoms with E-state index < -0.39 is 10.0 Å². The van der Waals surface area contributed by atoms with E-state index in [1.165, 1.54) is 7.05 Å². The van der Waals surface area contributed by atoms with Gasteiger partial charge in [0.2, 0.25) is 10.0 Å². The summed E-state index contributed by atoms with van der Waals surface area (Å²) < 4.78 is 31.0. The molecule has 0 amide bonds. The van der Waals surface area contributed by atoms with Gasteiger partial charge in [-0.2, -0.15) is 0 Å². The molecule has 19 heavy (non-hydrogen) atoms. The molecule has 0 spiro atoms. The summed E-state index contributed by atoms with van der Waals surface area (Å²) >= 11 is 0. The van der Waals surface area contributed by atoms with Crippen molar-refractivity contribution >= 4 is 15.7 Å². The van der Waals surface area contributed by atoms with Gasteiger partial charge in [-0.3, -0.25) is 0 Å². The first kappa shape index (κ1) is 13.6. The normalized spacial score (nSPS) is 13.2. The second kappa shape index (κ2) is 5.46. The molecule has 5 nitrogen and oxygen atoms in total. The fraction of sp³-hybridized carbons (Fsp3) is 0.231. The number of anilines is 1. The van der Waals surface area contributed by atoms with Crippen LogP contribution >= 0.6 is 0 Å². The average molecular weight is 280 g/mol. The van der Waals surface area contributed by atoms with Crippen LogP contribution in [0.4, 0.5) is 5.69 Å². The number of furan rings is 1. The highest BCUT2D eigenvalue weighted by atomic mass is 32.2. The van der Waals surface area contributed by atoms with Crippen molar-refractivity contribution in [2.75, 3.05) is 12.4 Å². The highest BCUT2D eigenvalue weighted by molar-refractivity contribution is 7.89. The summed E-state index contributed by atoms with van der Waals surface area (Å²) in [6, 6.07) is 10.3. The van der Waals surface area contributed by atoms with Gasteiger partial charge in [-0.15, -0.1) is 0 Å². The van der Waals surface area contributed by atoms with Crippen LogP contribution in [0.5, 0.6) is 0 Å². The lowest BCUT2D eigenvalue weighted by Gasteiger charge is -2.13. The minimum absolute atomic E-state index is 0.0393. The van der Waals surface area contributed by atoms with E-state index in [1.54, 1.807) is 24.5 Å². The third-order valence-corrected chi connectivity index (χ3v) is 4.18. The number of nitrogens with one attached hydrogen (secondary N) is 2. The third kappa shape index (κ3) is 3.15. The van der Waals surface area contributed by atoms with Crippen molar-refractivity contribution in [3.8, 4) is 0 Å². The number of hydrogen-bond acceptors (Lipinski definition) is 4. The van der Waals surface area contributed by atoms with Crippen molar-refractivity contribution in [2.24, 2.45) is 0 Å². The molecule has 1 heterocycles. The van der Waals surface area contributed by atoms with Crippen molar-refractivity contribution in [3.05, 3.63) is 48.4 Å². The SMILES string of the molecule is CNS(=O)(=O)c1cccc(NC(C)c2ccco2)c1. The molecule has 0 fully saturated rings. The van der Waals surface area contributed by atoms with Crippen molar-refractivity contribution in [1.82, 2.24) is 4.72 Å². The van der Waals surface area contributed by atoms with Crippen molar-refractivity contribution in [2.45, 2.75) is 17.9 Å². The zero-order valence-electron chi connectivity index (χ0n) is 10.8. The topological polar surface area (TPSA) is 71.3 Å². The quantitative estimate of drug-likeness (QED) is 0.882. The number of sulfonamides is 1. The lowest BCUT2D eigenvalue weighted by atomic mass is 10.2. The molecule has 1 atom stereocenters. The Morgan fingerprint density at radius 1 is 1.21 bits per heavy atom. The van der Waals surface area contributed by atoms with Gasteiger partial charge in [-0.25, -0.2) is 13.1 Å². The van der Waals surface area contributed by atoms with Crippen LogP contribution < -0.4 is 10.0 Å². The van der Waals surface area contributed by atoms with Gasteiger partial charge < -0.3 is 9.73 Å². The Bertz CT molecular complexity index is 636. The van der Waals surface area contributed by atoms with Crippen molar-refractivity contribution < 1.29 is 12.8 Å². The van der Waals surface area contributed by atoms with Crippen LogP contribution in [0.1, 0.15) is 18.7 Å². The van der Waals surface area contributed by atoms with Gasteiger partial charge in [0.1, 0.15) is 5.76 Å². The smallest absolute Gasteiger partial charge is 0.240 e. The zero-order chi connectivity index (χ0) is 13.9. The van der Waals surface area contributed by atoms with Crippen LogP contribution in [-0.2, 0) is 10.0 Å². The number of benzene rings is 1. The van der Waals surface area contributed by atoms with Crippen molar-refractivity contribution in [3.63, 3.8) is 0 Å². The zero-order valence-corrected chi connectivity index (χ0v) is 11.6. The molecule has 6 heteroatoms. The van der Waals surface area contributed by atoms with Gasteiger partial charge in [-0.05, 0) is 44.3 Å². The maximum atomic E-state index is 11.7. The van der Waals surface area contributed by atoms with Crippen LogP contribution in [0.2, 0.25) is 0 Å². The van der Waals surface area contributed by atoms with Gasteiger partial charge >= 0.3 is 0 Å². The Balaban J connectivity index is 2.20. The standard InChI is InChI=1S/C13H16N2O3S/c1-10(13-7-4-8-18-13)15-11-5-3-6-12(9-11)19(16,17)14-2/h3-10,14-15H,1-2H3. The molecule has 0 aliphatic carbocycles. The third-order valence-electron chi connectivity index (χ3n) is 2.77. The maximum Gasteiger partial charge on any atom is 0.240 e. The monoisotopic (exact) mass is 280 g/mol. The molecule has 0 saturated carbocycles. The Hall–Kier alpha value is -1.79. The average Bonchev–Trinajstić information content (AvgIpc) is 2.93.